The van der Waals surface area contributed by atoms with Crippen molar-refractivity contribution in [3.8, 4) is 17.1 Å². The first-order chi connectivity index (χ1) is 14.3. The average Bonchev–Trinajstić information content (AvgIpc) is 3.17. The van der Waals surface area contributed by atoms with Crippen LogP contribution in [0.3, 0.4) is 0 Å². The number of benzene rings is 2. The van der Waals surface area contributed by atoms with Gasteiger partial charge in [0, 0.05) is 16.7 Å². The molecule has 0 aliphatic rings. The Morgan fingerprint density at radius 2 is 2.03 bits per heavy atom. The molecule has 154 valence electrons. The lowest BCUT2D eigenvalue weighted by Crippen LogP contribution is -2.24. The highest BCUT2D eigenvalue weighted by molar-refractivity contribution is 6.35. The van der Waals surface area contributed by atoms with Gasteiger partial charge < -0.3 is 9.15 Å². The standard InChI is InChI=1S/C20H15Cl2N3O5/c1-12-2-6-19(17(8-12)25(27)28)29-11-20(26)24-23-10-14-4-7-18(30-14)15-9-13(21)3-5-16(15)22/h2-10H,11H2,1H3,(H,24,26)/b23-10-. The van der Waals surface area contributed by atoms with Gasteiger partial charge in [0.05, 0.1) is 16.2 Å². The fourth-order valence-corrected chi connectivity index (χ4v) is 2.87. The third kappa shape index (κ3) is 5.37. The molecule has 0 saturated carbocycles. The Bertz CT molecular complexity index is 1130. The number of hydrazone groups is 1. The van der Waals surface area contributed by atoms with Crippen LogP contribution in [0.2, 0.25) is 10.0 Å². The van der Waals surface area contributed by atoms with Gasteiger partial charge in [-0.15, -0.1) is 0 Å². The van der Waals surface area contributed by atoms with E-state index in [1.807, 2.05) is 0 Å². The molecule has 1 heterocycles. The van der Waals surface area contributed by atoms with E-state index in [2.05, 4.69) is 10.5 Å². The van der Waals surface area contributed by atoms with E-state index in [-0.39, 0.29) is 11.4 Å². The van der Waals surface area contributed by atoms with Crippen molar-refractivity contribution in [3.63, 3.8) is 0 Å². The molecule has 0 unspecified atom stereocenters. The molecule has 0 fully saturated rings. The van der Waals surface area contributed by atoms with Crippen LogP contribution < -0.4 is 10.2 Å². The molecular formula is C20H15Cl2N3O5. The summed E-state index contributed by atoms with van der Waals surface area (Å²) in [5.74, 6) is 0.270. The molecule has 30 heavy (non-hydrogen) atoms. The lowest BCUT2D eigenvalue weighted by Gasteiger charge is -2.06. The van der Waals surface area contributed by atoms with Crippen molar-refractivity contribution in [2.45, 2.75) is 6.92 Å². The van der Waals surface area contributed by atoms with Crippen molar-refractivity contribution < 1.29 is 18.9 Å². The summed E-state index contributed by atoms with van der Waals surface area (Å²) in [6.07, 6.45) is 1.30. The summed E-state index contributed by atoms with van der Waals surface area (Å²) in [4.78, 5) is 22.4. The fraction of sp³-hybridized carbons (Fsp3) is 0.100. The van der Waals surface area contributed by atoms with E-state index in [1.54, 1.807) is 43.3 Å². The molecule has 3 aromatic rings. The number of ether oxygens (including phenoxy) is 1. The van der Waals surface area contributed by atoms with Gasteiger partial charge in [-0.05, 0) is 48.9 Å². The van der Waals surface area contributed by atoms with E-state index in [4.69, 9.17) is 32.4 Å². The molecular weight excluding hydrogens is 433 g/mol. The van der Waals surface area contributed by atoms with Crippen molar-refractivity contribution in [2.75, 3.05) is 6.61 Å². The number of carbonyl (C=O) groups is 1. The van der Waals surface area contributed by atoms with Gasteiger partial charge in [-0.2, -0.15) is 5.10 Å². The van der Waals surface area contributed by atoms with Crippen LogP contribution in [0.1, 0.15) is 11.3 Å². The number of nitrogens with zero attached hydrogens (tertiary/aromatic N) is 2. The second-order valence-electron chi connectivity index (χ2n) is 6.14. The van der Waals surface area contributed by atoms with E-state index in [0.717, 1.165) is 0 Å². The first kappa shape index (κ1) is 21.4. The van der Waals surface area contributed by atoms with Crippen LogP contribution in [0.4, 0.5) is 5.69 Å². The quantitative estimate of drug-likeness (QED) is 0.311. The molecule has 0 radical (unpaired) electrons. The monoisotopic (exact) mass is 447 g/mol. The van der Waals surface area contributed by atoms with Crippen LogP contribution in [0.15, 0.2) is 58.0 Å². The fourth-order valence-electron chi connectivity index (χ4n) is 2.49. The summed E-state index contributed by atoms with van der Waals surface area (Å²) in [6, 6.07) is 12.8. The van der Waals surface area contributed by atoms with Gasteiger partial charge >= 0.3 is 5.69 Å². The van der Waals surface area contributed by atoms with E-state index < -0.39 is 17.4 Å². The Morgan fingerprint density at radius 1 is 1.23 bits per heavy atom. The van der Waals surface area contributed by atoms with Crippen molar-refractivity contribution in [1.29, 1.82) is 0 Å². The number of nitro benzene ring substituents is 1. The van der Waals surface area contributed by atoms with Crippen LogP contribution in [-0.2, 0) is 4.79 Å². The molecule has 1 N–H and O–H groups in total. The van der Waals surface area contributed by atoms with Crippen LogP contribution in [-0.4, -0.2) is 23.7 Å². The van der Waals surface area contributed by atoms with Crippen LogP contribution in [0.25, 0.3) is 11.3 Å². The molecule has 1 aromatic heterocycles. The molecule has 0 spiro atoms. The van der Waals surface area contributed by atoms with Gasteiger partial charge in [0.25, 0.3) is 5.91 Å². The Kier molecular flexibility index (Phi) is 6.71. The molecule has 1 amide bonds. The summed E-state index contributed by atoms with van der Waals surface area (Å²) in [5, 5.41) is 15.8. The highest BCUT2D eigenvalue weighted by Gasteiger charge is 2.16. The number of aryl methyl sites for hydroxylation is 1. The summed E-state index contributed by atoms with van der Waals surface area (Å²) >= 11 is 12.1. The topological polar surface area (TPSA) is 107 Å². The second kappa shape index (κ2) is 9.43. The minimum atomic E-state index is -0.592. The number of carbonyl (C=O) groups excluding carboxylic acids is 1. The summed E-state index contributed by atoms with van der Waals surface area (Å²) in [5.41, 5.74) is 3.38. The SMILES string of the molecule is Cc1ccc(OCC(=O)N/N=C\c2ccc(-c3cc(Cl)ccc3Cl)o2)c([N+](=O)[O-])c1. The summed E-state index contributed by atoms with van der Waals surface area (Å²) in [6.45, 7) is 1.28. The van der Waals surface area contributed by atoms with Gasteiger partial charge in [-0.25, -0.2) is 5.43 Å². The maximum atomic E-state index is 11.9. The normalized spacial score (nSPS) is 10.9. The Balaban J connectivity index is 1.58. The molecule has 10 heteroatoms. The van der Waals surface area contributed by atoms with E-state index in [0.29, 0.717) is 32.7 Å². The molecule has 0 bridgehead atoms. The number of halogens is 2. The van der Waals surface area contributed by atoms with E-state index in [9.17, 15) is 14.9 Å². The number of rotatable bonds is 7. The molecule has 0 aliphatic heterocycles. The third-order valence-corrected chi connectivity index (χ3v) is 4.44. The predicted molar refractivity (Wildman–Crippen MR) is 113 cm³/mol. The summed E-state index contributed by atoms with van der Waals surface area (Å²) in [7, 11) is 0. The predicted octanol–water partition coefficient (Wildman–Crippen LogP) is 5.00. The van der Waals surface area contributed by atoms with Gasteiger partial charge in [0.15, 0.2) is 12.4 Å². The van der Waals surface area contributed by atoms with Crippen LogP contribution >= 0.6 is 23.2 Å². The van der Waals surface area contributed by atoms with Gasteiger partial charge in [-0.1, -0.05) is 29.3 Å². The number of nitrogens with one attached hydrogen (secondary N) is 1. The second-order valence-corrected chi connectivity index (χ2v) is 6.98. The van der Waals surface area contributed by atoms with Crippen LogP contribution in [0, 0.1) is 17.0 Å². The molecule has 0 aliphatic carbocycles. The number of furan rings is 1. The van der Waals surface area contributed by atoms with Gasteiger partial charge in [0.2, 0.25) is 0 Å². The Hall–Kier alpha value is -3.36. The maximum absolute atomic E-state index is 11.9. The van der Waals surface area contributed by atoms with Crippen molar-refractivity contribution in [1.82, 2.24) is 5.43 Å². The summed E-state index contributed by atoms with van der Waals surface area (Å²) < 4.78 is 10.8. The molecule has 8 nitrogen and oxygen atoms in total. The Morgan fingerprint density at radius 3 is 2.80 bits per heavy atom. The molecule has 3 rings (SSSR count). The van der Waals surface area contributed by atoms with Crippen molar-refractivity contribution in [3.05, 3.63) is 80.0 Å². The van der Waals surface area contributed by atoms with Gasteiger partial charge in [-0.3, -0.25) is 14.9 Å². The first-order valence-corrected chi connectivity index (χ1v) is 9.34. The molecule has 2 aromatic carbocycles. The number of nitro groups is 1. The zero-order valence-electron chi connectivity index (χ0n) is 15.6. The number of hydrogen-bond donors (Lipinski definition) is 1. The smallest absolute Gasteiger partial charge is 0.311 e. The molecule has 0 atom stereocenters. The molecule has 0 saturated heterocycles. The highest BCUT2D eigenvalue weighted by atomic mass is 35.5. The average molecular weight is 448 g/mol. The third-order valence-electron chi connectivity index (χ3n) is 3.87. The van der Waals surface area contributed by atoms with Gasteiger partial charge in [0.1, 0.15) is 11.5 Å². The minimum absolute atomic E-state index is 0.00111. The number of hydrogen-bond acceptors (Lipinski definition) is 6. The lowest BCUT2D eigenvalue weighted by atomic mass is 10.2. The lowest BCUT2D eigenvalue weighted by molar-refractivity contribution is -0.385. The maximum Gasteiger partial charge on any atom is 0.311 e. The van der Waals surface area contributed by atoms with Crippen molar-refractivity contribution >= 4 is 41.0 Å². The first-order valence-electron chi connectivity index (χ1n) is 8.58. The van der Waals surface area contributed by atoms with E-state index in [1.165, 1.54) is 18.3 Å². The van der Waals surface area contributed by atoms with E-state index >= 15 is 0 Å². The highest BCUT2D eigenvalue weighted by Crippen LogP contribution is 2.31. The largest absolute Gasteiger partial charge is 0.477 e. The zero-order valence-corrected chi connectivity index (χ0v) is 17.1. The van der Waals surface area contributed by atoms with Crippen molar-refractivity contribution in [2.24, 2.45) is 5.10 Å². The Labute approximate surface area is 181 Å². The number of amides is 1. The minimum Gasteiger partial charge on any atom is -0.477 e. The van der Waals surface area contributed by atoms with Crippen LogP contribution in [0.5, 0.6) is 5.75 Å². The zero-order chi connectivity index (χ0) is 21.7.